The fourth-order valence-corrected chi connectivity index (χ4v) is 2.60. The van der Waals surface area contributed by atoms with Gasteiger partial charge in [-0.1, -0.05) is 34.8 Å². The van der Waals surface area contributed by atoms with Crippen molar-refractivity contribution in [2.24, 2.45) is 0 Å². The van der Waals surface area contributed by atoms with Crippen LogP contribution in [0, 0.1) is 0 Å². The summed E-state index contributed by atoms with van der Waals surface area (Å²) in [4.78, 5) is 22.8. The zero-order valence-electron chi connectivity index (χ0n) is 9.60. The van der Waals surface area contributed by atoms with Gasteiger partial charge in [-0.05, 0) is 18.6 Å². The van der Waals surface area contributed by atoms with Crippen LogP contribution < -0.4 is 16.2 Å². The molecule has 2 rings (SSSR count). The minimum atomic E-state index is -0.537. The van der Waals surface area contributed by atoms with Crippen LogP contribution in [0.5, 0.6) is 0 Å². The molecule has 2 amide bonds. The molecule has 0 bridgehead atoms. The number of amides is 2. The Morgan fingerprint density at radius 1 is 1.26 bits per heavy atom. The van der Waals surface area contributed by atoms with Crippen LogP contribution in [0.4, 0.5) is 5.69 Å². The Bertz CT molecular complexity index is 513. The molecule has 1 aromatic rings. The van der Waals surface area contributed by atoms with E-state index >= 15 is 0 Å². The molecule has 1 unspecified atom stereocenters. The van der Waals surface area contributed by atoms with Crippen LogP contribution in [-0.4, -0.2) is 17.9 Å². The average Bonchev–Trinajstić information content (AvgIpc) is 2.74. The molecule has 0 saturated carbocycles. The van der Waals surface area contributed by atoms with Crippen molar-refractivity contribution in [3.05, 3.63) is 27.2 Å². The van der Waals surface area contributed by atoms with Crippen LogP contribution in [0.1, 0.15) is 12.8 Å². The van der Waals surface area contributed by atoms with Gasteiger partial charge in [0.1, 0.15) is 6.04 Å². The molecule has 1 aromatic carbocycles. The molecule has 1 fully saturated rings. The number of hydrogen-bond acceptors (Lipinski definition) is 3. The molecule has 1 heterocycles. The lowest BCUT2D eigenvalue weighted by Crippen LogP contribution is -2.44. The standard InChI is InChI=1S/C11H10Cl3N3O2/c12-5-3-6(13)10(7(14)4-5)16-17-11(19)8-1-2-9(18)15-8/h3-4,8,16H,1-2H2,(H,15,18)(H,17,19). The predicted molar refractivity (Wildman–Crippen MR) is 74.4 cm³/mol. The molecule has 1 aliphatic heterocycles. The van der Waals surface area contributed by atoms with Gasteiger partial charge in [-0.25, -0.2) is 0 Å². The normalized spacial score (nSPS) is 18.1. The number of hydrogen-bond donors (Lipinski definition) is 3. The molecule has 8 heteroatoms. The van der Waals surface area contributed by atoms with Crippen molar-refractivity contribution < 1.29 is 9.59 Å². The van der Waals surface area contributed by atoms with Gasteiger partial charge in [-0.2, -0.15) is 0 Å². The summed E-state index contributed by atoms with van der Waals surface area (Å²) in [5, 5.41) is 3.52. The maximum absolute atomic E-state index is 11.8. The first-order valence-electron chi connectivity index (χ1n) is 5.47. The average molecular weight is 323 g/mol. The van der Waals surface area contributed by atoms with E-state index in [4.69, 9.17) is 34.8 Å². The van der Waals surface area contributed by atoms with E-state index in [1.165, 1.54) is 12.1 Å². The fraction of sp³-hybridized carbons (Fsp3) is 0.273. The van der Waals surface area contributed by atoms with E-state index < -0.39 is 6.04 Å². The summed E-state index contributed by atoms with van der Waals surface area (Å²) in [5.41, 5.74) is 5.43. The molecule has 0 aliphatic carbocycles. The van der Waals surface area contributed by atoms with E-state index in [-0.39, 0.29) is 21.9 Å². The van der Waals surface area contributed by atoms with E-state index in [2.05, 4.69) is 16.2 Å². The van der Waals surface area contributed by atoms with Crippen molar-refractivity contribution >= 4 is 52.3 Å². The smallest absolute Gasteiger partial charge is 0.260 e. The largest absolute Gasteiger partial charge is 0.344 e. The number of benzene rings is 1. The Morgan fingerprint density at radius 3 is 2.42 bits per heavy atom. The first-order valence-corrected chi connectivity index (χ1v) is 6.60. The lowest BCUT2D eigenvalue weighted by Gasteiger charge is -2.14. The highest BCUT2D eigenvalue weighted by atomic mass is 35.5. The Morgan fingerprint density at radius 2 is 1.89 bits per heavy atom. The molecule has 0 spiro atoms. The monoisotopic (exact) mass is 321 g/mol. The van der Waals surface area contributed by atoms with E-state index in [0.717, 1.165) is 0 Å². The number of nitrogens with one attached hydrogen (secondary N) is 3. The van der Waals surface area contributed by atoms with Crippen molar-refractivity contribution in [2.75, 3.05) is 5.43 Å². The zero-order valence-corrected chi connectivity index (χ0v) is 11.9. The summed E-state index contributed by atoms with van der Waals surface area (Å²) >= 11 is 17.7. The van der Waals surface area contributed by atoms with Gasteiger partial charge in [0, 0.05) is 11.4 Å². The van der Waals surface area contributed by atoms with Gasteiger partial charge in [0.2, 0.25) is 5.91 Å². The minimum Gasteiger partial charge on any atom is -0.344 e. The van der Waals surface area contributed by atoms with Gasteiger partial charge < -0.3 is 5.32 Å². The molecule has 0 radical (unpaired) electrons. The second kappa shape index (κ2) is 5.86. The number of halogens is 3. The summed E-state index contributed by atoms with van der Waals surface area (Å²) in [6, 6.07) is 2.46. The van der Waals surface area contributed by atoms with Crippen molar-refractivity contribution in [3.8, 4) is 0 Å². The van der Waals surface area contributed by atoms with Gasteiger partial charge in [-0.3, -0.25) is 20.4 Å². The van der Waals surface area contributed by atoms with Crippen molar-refractivity contribution in [1.82, 2.24) is 10.7 Å². The molecule has 1 aliphatic rings. The molecule has 102 valence electrons. The third-order valence-corrected chi connectivity index (χ3v) is 3.44. The molecule has 3 N–H and O–H groups in total. The molecular formula is C11H10Cl3N3O2. The maximum Gasteiger partial charge on any atom is 0.260 e. The van der Waals surface area contributed by atoms with Crippen LogP contribution in [-0.2, 0) is 9.59 Å². The fourth-order valence-electron chi connectivity index (χ4n) is 1.68. The topological polar surface area (TPSA) is 70.2 Å². The number of carbonyl (C=O) groups is 2. The second-order valence-electron chi connectivity index (χ2n) is 4.02. The highest BCUT2D eigenvalue weighted by Gasteiger charge is 2.27. The molecular weight excluding hydrogens is 312 g/mol. The predicted octanol–water partition coefficient (Wildman–Crippen LogP) is 2.37. The van der Waals surface area contributed by atoms with E-state index in [0.29, 0.717) is 23.6 Å². The lowest BCUT2D eigenvalue weighted by atomic mass is 10.2. The minimum absolute atomic E-state index is 0.136. The lowest BCUT2D eigenvalue weighted by molar-refractivity contribution is -0.125. The highest BCUT2D eigenvalue weighted by molar-refractivity contribution is 6.41. The van der Waals surface area contributed by atoms with Gasteiger partial charge in [0.15, 0.2) is 0 Å². The van der Waals surface area contributed by atoms with Crippen molar-refractivity contribution in [2.45, 2.75) is 18.9 Å². The number of anilines is 1. The Labute approximate surface area is 124 Å². The molecule has 1 saturated heterocycles. The summed E-state index contributed by atoms with van der Waals surface area (Å²) < 4.78 is 0. The van der Waals surface area contributed by atoms with Gasteiger partial charge in [0.25, 0.3) is 5.91 Å². The van der Waals surface area contributed by atoms with Crippen molar-refractivity contribution in [1.29, 1.82) is 0 Å². The van der Waals surface area contributed by atoms with E-state index in [1.54, 1.807) is 0 Å². The molecule has 1 atom stereocenters. The number of hydrazine groups is 1. The molecule has 0 aromatic heterocycles. The van der Waals surface area contributed by atoms with Crippen LogP contribution in [0.2, 0.25) is 15.1 Å². The molecule has 5 nitrogen and oxygen atoms in total. The third kappa shape index (κ3) is 3.43. The van der Waals surface area contributed by atoms with Gasteiger partial charge in [-0.15, -0.1) is 0 Å². The highest BCUT2D eigenvalue weighted by Crippen LogP contribution is 2.33. The zero-order chi connectivity index (χ0) is 14.0. The first kappa shape index (κ1) is 14.2. The van der Waals surface area contributed by atoms with Crippen LogP contribution >= 0.6 is 34.8 Å². The summed E-state index contributed by atoms with van der Waals surface area (Å²) in [6.07, 6.45) is 0.814. The Hall–Kier alpha value is -1.17. The van der Waals surface area contributed by atoms with E-state index in [1.807, 2.05) is 0 Å². The van der Waals surface area contributed by atoms with Crippen molar-refractivity contribution in [3.63, 3.8) is 0 Å². The number of rotatable bonds is 3. The van der Waals surface area contributed by atoms with Gasteiger partial charge >= 0.3 is 0 Å². The Balaban J connectivity index is 1.99. The van der Waals surface area contributed by atoms with Crippen LogP contribution in [0.3, 0.4) is 0 Å². The second-order valence-corrected chi connectivity index (χ2v) is 5.27. The molecule has 19 heavy (non-hydrogen) atoms. The quantitative estimate of drug-likeness (QED) is 0.748. The first-order chi connectivity index (χ1) is 8.97. The maximum atomic E-state index is 11.8. The third-order valence-electron chi connectivity index (χ3n) is 2.63. The number of carbonyl (C=O) groups excluding carboxylic acids is 2. The van der Waals surface area contributed by atoms with Crippen LogP contribution in [0.15, 0.2) is 12.1 Å². The summed E-state index contributed by atoms with van der Waals surface area (Å²) in [5.74, 6) is -0.490. The Kier molecular flexibility index (Phi) is 4.39. The van der Waals surface area contributed by atoms with Crippen LogP contribution in [0.25, 0.3) is 0 Å². The van der Waals surface area contributed by atoms with Gasteiger partial charge in [0.05, 0.1) is 15.7 Å². The van der Waals surface area contributed by atoms with E-state index in [9.17, 15) is 9.59 Å². The summed E-state index contributed by atoms with van der Waals surface area (Å²) in [7, 11) is 0. The SMILES string of the molecule is O=C1CCC(C(=O)NNc2c(Cl)cc(Cl)cc2Cl)N1. The summed E-state index contributed by atoms with van der Waals surface area (Å²) in [6.45, 7) is 0.